The SMILES string of the molecule is C=c1/c(=C\C=C(/C)c2cc(Nc3ccc(-c4noc(C(F)(F)F)n4)cc3)nc(N3CCOCC3)n2)c(C)nn1C. The number of benzene rings is 1. The molecule has 4 aromatic rings. The van der Waals surface area contributed by atoms with Crippen molar-refractivity contribution in [3.8, 4) is 11.4 Å². The number of nitrogens with zero attached hydrogens (tertiary/aromatic N) is 7. The average molecular weight is 553 g/mol. The quantitative estimate of drug-likeness (QED) is 0.385. The zero-order valence-corrected chi connectivity index (χ0v) is 22.2. The maximum Gasteiger partial charge on any atom is 0.471 e. The number of ether oxygens (including phenoxy) is 1. The normalized spacial score (nSPS) is 15.1. The number of anilines is 3. The highest BCUT2D eigenvalue weighted by Crippen LogP contribution is 2.30. The Labute approximate surface area is 227 Å². The van der Waals surface area contributed by atoms with Gasteiger partial charge in [-0.05, 0) is 43.7 Å². The molecule has 0 unspecified atom stereocenters. The highest BCUT2D eigenvalue weighted by atomic mass is 19.4. The van der Waals surface area contributed by atoms with E-state index in [0.717, 1.165) is 27.5 Å². The maximum absolute atomic E-state index is 12.8. The van der Waals surface area contributed by atoms with Gasteiger partial charge < -0.3 is 19.5 Å². The monoisotopic (exact) mass is 552 g/mol. The Hall–Kier alpha value is -4.52. The van der Waals surface area contributed by atoms with Crippen molar-refractivity contribution in [2.45, 2.75) is 20.0 Å². The van der Waals surface area contributed by atoms with E-state index in [2.05, 4.69) is 36.6 Å². The van der Waals surface area contributed by atoms with Crippen molar-refractivity contribution >= 4 is 35.7 Å². The number of hydrogen-bond acceptors (Lipinski definition) is 9. The Bertz CT molecular complexity index is 1650. The number of morpholine rings is 1. The van der Waals surface area contributed by atoms with Crippen LogP contribution in [0.25, 0.3) is 29.6 Å². The predicted molar refractivity (Wildman–Crippen MR) is 144 cm³/mol. The van der Waals surface area contributed by atoms with E-state index in [9.17, 15) is 13.2 Å². The molecule has 1 fully saturated rings. The van der Waals surface area contributed by atoms with E-state index in [1.165, 1.54) is 0 Å². The smallest absolute Gasteiger partial charge is 0.378 e. The first kappa shape index (κ1) is 27.1. The lowest BCUT2D eigenvalue weighted by molar-refractivity contribution is -0.159. The van der Waals surface area contributed by atoms with E-state index in [0.29, 0.717) is 49.3 Å². The average Bonchev–Trinajstić information content (AvgIpc) is 3.53. The van der Waals surface area contributed by atoms with E-state index in [1.807, 2.05) is 39.1 Å². The van der Waals surface area contributed by atoms with Gasteiger partial charge in [-0.2, -0.15) is 28.2 Å². The Morgan fingerprint density at radius 2 is 1.82 bits per heavy atom. The van der Waals surface area contributed by atoms with Gasteiger partial charge in [-0.1, -0.05) is 23.9 Å². The first-order valence-electron chi connectivity index (χ1n) is 12.5. The van der Waals surface area contributed by atoms with Gasteiger partial charge in [-0.3, -0.25) is 4.68 Å². The number of alkyl halides is 3. The fourth-order valence-electron chi connectivity index (χ4n) is 4.14. The third-order valence-corrected chi connectivity index (χ3v) is 6.39. The molecule has 0 spiro atoms. The molecule has 40 heavy (non-hydrogen) atoms. The number of halogens is 3. The summed E-state index contributed by atoms with van der Waals surface area (Å²) in [6.45, 7) is 10.5. The van der Waals surface area contributed by atoms with Gasteiger partial charge in [-0.25, -0.2) is 4.98 Å². The van der Waals surface area contributed by atoms with Crippen LogP contribution < -0.4 is 20.8 Å². The summed E-state index contributed by atoms with van der Waals surface area (Å²) in [7, 11) is 1.86. The number of aryl methyl sites for hydroxylation is 2. The van der Waals surface area contributed by atoms with Crippen molar-refractivity contribution in [1.29, 1.82) is 0 Å². The van der Waals surface area contributed by atoms with Crippen LogP contribution in [-0.2, 0) is 18.0 Å². The van der Waals surface area contributed by atoms with Gasteiger partial charge in [-0.15, -0.1) is 0 Å². The van der Waals surface area contributed by atoms with Gasteiger partial charge in [0.25, 0.3) is 0 Å². The highest BCUT2D eigenvalue weighted by molar-refractivity contribution is 5.71. The van der Waals surface area contributed by atoms with Crippen LogP contribution in [0.15, 0.2) is 40.9 Å². The minimum Gasteiger partial charge on any atom is -0.378 e. The molecule has 1 saturated heterocycles. The second-order valence-electron chi connectivity index (χ2n) is 9.25. The number of nitrogens with one attached hydrogen (secondary N) is 1. The summed E-state index contributed by atoms with van der Waals surface area (Å²) in [5.74, 6) is -0.417. The zero-order chi connectivity index (χ0) is 28.4. The molecule has 1 aromatic carbocycles. The van der Waals surface area contributed by atoms with Gasteiger partial charge in [0.05, 0.1) is 30.0 Å². The highest BCUT2D eigenvalue weighted by Gasteiger charge is 2.38. The van der Waals surface area contributed by atoms with E-state index in [4.69, 9.17) is 14.7 Å². The van der Waals surface area contributed by atoms with Crippen molar-refractivity contribution in [3.63, 3.8) is 0 Å². The topological polar surface area (TPSA) is 107 Å². The molecular weight excluding hydrogens is 525 g/mol. The second-order valence-corrected chi connectivity index (χ2v) is 9.25. The molecule has 1 aliphatic heterocycles. The summed E-state index contributed by atoms with van der Waals surface area (Å²) in [5.41, 5.74) is 3.57. The lowest BCUT2D eigenvalue weighted by Crippen LogP contribution is -2.37. The molecular formula is C27H27F3N8O2. The van der Waals surface area contributed by atoms with Gasteiger partial charge in [0.2, 0.25) is 11.8 Å². The number of hydrogen-bond donors (Lipinski definition) is 1. The lowest BCUT2D eigenvalue weighted by Gasteiger charge is -2.27. The van der Waals surface area contributed by atoms with Crippen LogP contribution in [0, 0.1) is 6.92 Å². The predicted octanol–water partition coefficient (Wildman–Crippen LogP) is 3.46. The molecule has 0 saturated carbocycles. The third kappa shape index (κ3) is 5.88. The molecule has 208 valence electrons. The van der Waals surface area contributed by atoms with Crippen molar-refractivity contribution in [1.82, 2.24) is 29.9 Å². The summed E-state index contributed by atoms with van der Waals surface area (Å²) in [4.78, 5) is 15.0. The minimum atomic E-state index is -4.70. The van der Waals surface area contributed by atoms with Crippen molar-refractivity contribution in [2.24, 2.45) is 7.05 Å². The molecule has 1 aliphatic rings. The fraction of sp³-hybridized carbons (Fsp3) is 0.296. The molecule has 4 heterocycles. The van der Waals surface area contributed by atoms with E-state index in [1.54, 1.807) is 28.9 Å². The van der Waals surface area contributed by atoms with E-state index < -0.39 is 12.1 Å². The van der Waals surface area contributed by atoms with Crippen molar-refractivity contribution < 1.29 is 22.4 Å². The van der Waals surface area contributed by atoms with Gasteiger partial charge >= 0.3 is 12.1 Å². The van der Waals surface area contributed by atoms with Crippen LogP contribution in [0.1, 0.15) is 24.2 Å². The summed E-state index contributed by atoms with van der Waals surface area (Å²) < 4.78 is 50.0. The van der Waals surface area contributed by atoms with Crippen LogP contribution in [0.3, 0.4) is 0 Å². The lowest BCUT2D eigenvalue weighted by atomic mass is 10.1. The Balaban J connectivity index is 1.44. The fourth-order valence-corrected chi connectivity index (χ4v) is 4.14. The molecule has 0 aliphatic carbocycles. The summed E-state index contributed by atoms with van der Waals surface area (Å²) >= 11 is 0. The molecule has 1 N–H and O–H groups in total. The molecule has 0 amide bonds. The molecule has 5 rings (SSSR count). The minimum absolute atomic E-state index is 0.149. The third-order valence-electron chi connectivity index (χ3n) is 6.39. The van der Waals surface area contributed by atoms with Gasteiger partial charge in [0, 0.05) is 42.7 Å². The first-order chi connectivity index (χ1) is 19.1. The standard InChI is InChI=1S/C27H27F3N8O2/c1-16(5-10-21-17(2)35-37(4)18(21)3)22-15-23(33-26(32-22)38-11-13-39-14-12-38)31-20-8-6-19(7-9-20)24-34-25(40-36-24)27(28,29)30/h5-10,15H,3,11-14H2,1-2,4H3,(H,31,32,33)/b16-5+,21-10-. The van der Waals surface area contributed by atoms with Gasteiger partial charge in [0.15, 0.2) is 0 Å². The molecule has 0 bridgehead atoms. The van der Waals surface area contributed by atoms with Crippen LogP contribution in [-0.4, -0.2) is 56.2 Å². The molecule has 0 radical (unpaired) electrons. The van der Waals surface area contributed by atoms with E-state index >= 15 is 0 Å². The van der Waals surface area contributed by atoms with Crippen LogP contribution in [0.4, 0.5) is 30.6 Å². The second kappa shape index (κ2) is 10.9. The Morgan fingerprint density at radius 1 is 1.10 bits per heavy atom. The largest absolute Gasteiger partial charge is 0.471 e. The molecule has 13 heteroatoms. The first-order valence-corrected chi connectivity index (χ1v) is 12.5. The molecule has 10 nitrogen and oxygen atoms in total. The van der Waals surface area contributed by atoms with Crippen LogP contribution >= 0.6 is 0 Å². The van der Waals surface area contributed by atoms with Crippen molar-refractivity contribution in [3.05, 3.63) is 64.3 Å². The maximum atomic E-state index is 12.8. The van der Waals surface area contributed by atoms with Crippen molar-refractivity contribution in [2.75, 3.05) is 36.5 Å². The summed E-state index contributed by atoms with van der Waals surface area (Å²) in [6.07, 6.45) is -0.750. The van der Waals surface area contributed by atoms with Gasteiger partial charge in [0.1, 0.15) is 5.82 Å². The Morgan fingerprint density at radius 3 is 2.45 bits per heavy atom. The summed E-state index contributed by atoms with van der Waals surface area (Å²) in [5, 5.41) is 12.9. The number of rotatable bonds is 6. The zero-order valence-electron chi connectivity index (χ0n) is 22.2. The molecule has 0 atom stereocenters. The Kier molecular flexibility index (Phi) is 7.39. The molecule has 3 aromatic heterocycles. The van der Waals surface area contributed by atoms with Crippen LogP contribution in [0.2, 0.25) is 0 Å². The van der Waals surface area contributed by atoms with Crippen LogP contribution in [0.5, 0.6) is 0 Å². The van der Waals surface area contributed by atoms with E-state index in [-0.39, 0.29) is 5.82 Å². The summed E-state index contributed by atoms with van der Waals surface area (Å²) in [6, 6.07) is 8.45. The number of allylic oxidation sites excluding steroid dienone is 2. The number of aromatic nitrogens is 6.